The summed E-state index contributed by atoms with van der Waals surface area (Å²) in [6, 6.07) is 1.40. The SMILES string of the molecule is COc1cc2ncc(-c3nc(N[C@H]4CNCC[C@@H]4F)c(F)cc3F)n2nc1N1CCCS1(=O)=O. The summed E-state index contributed by atoms with van der Waals surface area (Å²) in [5, 5.41) is 10.1. The van der Waals surface area contributed by atoms with Crippen molar-refractivity contribution < 1.29 is 26.3 Å². The molecule has 0 amide bonds. The Morgan fingerprint density at radius 1 is 1.26 bits per heavy atom. The number of imidazole rings is 1. The Kier molecular flexibility index (Phi) is 5.72. The molecule has 0 aromatic carbocycles. The van der Waals surface area contributed by atoms with Gasteiger partial charge < -0.3 is 15.4 Å². The monoisotopic (exact) mass is 497 g/mol. The molecule has 182 valence electrons. The van der Waals surface area contributed by atoms with E-state index >= 15 is 0 Å². The van der Waals surface area contributed by atoms with Crippen LogP contribution in [0, 0.1) is 11.6 Å². The van der Waals surface area contributed by atoms with Crippen molar-refractivity contribution in [1.82, 2.24) is 24.9 Å². The lowest BCUT2D eigenvalue weighted by Crippen LogP contribution is -2.46. The van der Waals surface area contributed by atoms with E-state index in [2.05, 4.69) is 25.7 Å². The van der Waals surface area contributed by atoms with Crippen molar-refractivity contribution in [3.63, 3.8) is 0 Å². The Hall–Kier alpha value is -3.13. The number of anilines is 2. The Bertz CT molecular complexity index is 1350. The molecular formula is C20H22F3N7O3S. The molecule has 14 heteroatoms. The number of pyridine rings is 1. The van der Waals surface area contributed by atoms with E-state index in [0.717, 1.165) is 4.31 Å². The number of piperidine rings is 1. The van der Waals surface area contributed by atoms with Crippen LogP contribution in [0.2, 0.25) is 0 Å². The number of fused-ring (bicyclic) bond motifs is 1. The highest BCUT2D eigenvalue weighted by molar-refractivity contribution is 7.93. The van der Waals surface area contributed by atoms with Crippen LogP contribution in [-0.2, 0) is 10.0 Å². The standard InChI is InChI=1S/C20H22F3N7O3S/c1-33-16-8-17-25-10-15(30(17)28-20(16)29-5-2-6-34(29,31)32)18-12(22)7-13(23)19(27-18)26-14-9-24-4-3-11(14)21/h7-8,10-11,14,24H,2-6,9H2,1H3,(H,26,27)/t11-,14-/m0/s1. The van der Waals surface area contributed by atoms with Gasteiger partial charge in [-0.2, -0.15) is 0 Å². The van der Waals surface area contributed by atoms with Crippen LogP contribution < -0.4 is 19.7 Å². The lowest BCUT2D eigenvalue weighted by Gasteiger charge is -2.28. The fraction of sp³-hybridized carbons (Fsp3) is 0.450. The molecule has 3 aromatic heterocycles. The van der Waals surface area contributed by atoms with E-state index in [9.17, 15) is 21.6 Å². The van der Waals surface area contributed by atoms with Crippen LogP contribution in [0.15, 0.2) is 18.3 Å². The summed E-state index contributed by atoms with van der Waals surface area (Å²) in [5.74, 6) is -2.06. The molecule has 34 heavy (non-hydrogen) atoms. The van der Waals surface area contributed by atoms with Crippen molar-refractivity contribution in [2.45, 2.75) is 25.1 Å². The van der Waals surface area contributed by atoms with Gasteiger partial charge in [0.1, 0.15) is 17.6 Å². The fourth-order valence-corrected chi connectivity index (χ4v) is 5.65. The van der Waals surface area contributed by atoms with Crippen molar-refractivity contribution in [3.8, 4) is 17.1 Å². The first-order chi connectivity index (χ1) is 16.3. The van der Waals surface area contributed by atoms with Crippen LogP contribution in [0.1, 0.15) is 12.8 Å². The van der Waals surface area contributed by atoms with E-state index in [0.29, 0.717) is 19.0 Å². The average molecular weight is 498 g/mol. The summed E-state index contributed by atoms with van der Waals surface area (Å²) in [7, 11) is -2.20. The maximum atomic E-state index is 14.8. The molecule has 0 saturated carbocycles. The number of hydrogen-bond acceptors (Lipinski definition) is 8. The molecule has 0 radical (unpaired) electrons. The second-order valence-corrected chi connectivity index (χ2v) is 10.1. The number of nitrogens with one attached hydrogen (secondary N) is 2. The lowest BCUT2D eigenvalue weighted by molar-refractivity contribution is 0.240. The number of halogens is 3. The highest BCUT2D eigenvalue weighted by Crippen LogP contribution is 2.34. The Morgan fingerprint density at radius 2 is 2.09 bits per heavy atom. The number of alkyl halides is 1. The van der Waals surface area contributed by atoms with Gasteiger partial charge in [0.2, 0.25) is 15.8 Å². The first kappa shape index (κ1) is 22.7. The molecular weight excluding hydrogens is 475 g/mol. The van der Waals surface area contributed by atoms with E-state index in [-0.39, 0.29) is 59.7 Å². The highest BCUT2D eigenvalue weighted by Gasteiger charge is 2.33. The van der Waals surface area contributed by atoms with Crippen LogP contribution in [-0.4, -0.2) is 72.7 Å². The van der Waals surface area contributed by atoms with E-state index in [1.807, 2.05) is 0 Å². The number of aromatic nitrogens is 4. The van der Waals surface area contributed by atoms with Gasteiger partial charge in [0, 0.05) is 25.2 Å². The first-order valence-corrected chi connectivity index (χ1v) is 12.3. The minimum atomic E-state index is -3.58. The summed E-state index contributed by atoms with van der Waals surface area (Å²) in [6.45, 7) is 0.994. The summed E-state index contributed by atoms with van der Waals surface area (Å²) in [5.41, 5.74) is 0.0330. The maximum Gasteiger partial charge on any atom is 0.236 e. The zero-order valence-electron chi connectivity index (χ0n) is 18.1. The topological polar surface area (TPSA) is 114 Å². The molecule has 2 atom stereocenters. The van der Waals surface area contributed by atoms with Crippen molar-refractivity contribution >= 4 is 27.3 Å². The Morgan fingerprint density at radius 3 is 2.79 bits per heavy atom. The molecule has 2 N–H and O–H groups in total. The van der Waals surface area contributed by atoms with E-state index in [4.69, 9.17) is 4.74 Å². The van der Waals surface area contributed by atoms with Gasteiger partial charge >= 0.3 is 0 Å². The van der Waals surface area contributed by atoms with Crippen molar-refractivity contribution in [3.05, 3.63) is 30.0 Å². The molecule has 5 rings (SSSR count). The minimum absolute atomic E-state index is 0.0264. The van der Waals surface area contributed by atoms with Gasteiger partial charge in [-0.25, -0.2) is 40.4 Å². The van der Waals surface area contributed by atoms with Gasteiger partial charge in [0.25, 0.3) is 0 Å². The molecule has 3 aromatic rings. The third-order valence-corrected chi connectivity index (χ3v) is 7.72. The number of ether oxygens (including phenoxy) is 1. The van der Waals surface area contributed by atoms with Crippen molar-refractivity contribution in [1.29, 1.82) is 0 Å². The summed E-state index contributed by atoms with van der Waals surface area (Å²) in [6.07, 6.45) is 0.758. The van der Waals surface area contributed by atoms with E-state index in [1.165, 1.54) is 23.9 Å². The molecule has 10 nitrogen and oxygen atoms in total. The number of hydrogen-bond donors (Lipinski definition) is 2. The average Bonchev–Trinajstić information content (AvgIpc) is 3.37. The number of rotatable bonds is 5. The van der Waals surface area contributed by atoms with Gasteiger partial charge in [0.05, 0.1) is 25.1 Å². The smallest absolute Gasteiger partial charge is 0.236 e. The highest BCUT2D eigenvalue weighted by atomic mass is 32.2. The van der Waals surface area contributed by atoms with Gasteiger partial charge in [-0.1, -0.05) is 0 Å². The summed E-state index contributed by atoms with van der Waals surface area (Å²) in [4.78, 5) is 8.26. The third kappa shape index (κ3) is 3.90. The van der Waals surface area contributed by atoms with Crippen molar-refractivity contribution in [2.75, 3.05) is 42.1 Å². The predicted octanol–water partition coefficient (Wildman–Crippen LogP) is 1.73. The second-order valence-electron chi connectivity index (χ2n) is 8.10. The number of nitrogens with zero attached hydrogens (tertiary/aromatic N) is 5. The number of sulfonamides is 1. The van der Waals surface area contributed by atoms with Crippen LogP contribution in [0.5, 0.6) is 5.75 Å². The second kappa shape index (κ2) is 8.58. The minimum Gasteiger partial charge on any atom is -0.493 e. The van der Waals surface area contributed by atoms with Crippen LogP contribution >= 0.6 is 0 Å². The Balaban J connectivity index is 1.60. The van der Waals surface area contributed by atoms with E-state index in [1.54, 1.807) is 0 Å². The fourth-order valence-electron chi connectivity index (χ4n) is 4.14. The zero-order valence-corrected chi connectivity index (χ0v) is 18.9. The maximum absolute atomic E-state index is 14.8. The largest absolute Gasteiger partial charge is 0.493 e. The third-order valence-electron chi connectivity index (χ3n) is 5.89. The van der Waals surface area contributed by atoms with Gasteiger partial charge in [-0.05, 0) is 19.4 Å². The quantitative estimate of drug-likeness (QED) is 0.548. The molecule has 2 saturated heterocycles. The first-order valence-electron chi connectivity index (χ1n) is 10.7. The van der Waals surface area contributed by atoms with Crippen molar-refractivity contribution in [2.24, 2.45) is 0 Å². The molecule has 0 unspecified atom stereocenters. The summed E-state index contributed by atoms with van der Waals surface area (Å²) < 4.78 is 76.1. The van der Waals surface area contributed by atoms with Crippen LogP contribution in [0.3, 0.4) is 0 Å². The van der Waals surface area contributed by atoms with Gasteiger partial charge in [-0.15, -0.1) is 5.10 Å². The van der Waals surface area contributed by atoms with Crippen LogP contribution in [0.4, 0.5) is 24.8 Å². The molecule has 2 aliphatic heterocycles. The zero-order chi connectivity index (χ0) is 24.0. The lowest BCUT2D eigenvalue weighted by atomic mass is 10.1. The molecule has 2 aliphatic rings. The Labute approximate surface area is 193 Å². The number of methoxy groups -OCH3 is 1. The van der Waals surface area contributed by atoms with E-state index < -0.39 is 33.9 Å². The van der Waals surface area contributed by atoms with Gasteiger partial charge in [0.15, 0.2) is 28.8 Å². The predicted molar refractivity (Wildman–Crippen MR) is 118 cm³/mol. The normalized spacial score (nSPS) is 22.3. The van der Waals surface area contributed by atoms with Gasteiger partial charge in [-0.3, -0.25) is 0 Å². The van der Waals surface area contributed by atoms with Crippen LogP contribution in [0.25, 0.3) is 17.0 Å². The molecule has 0 aliphatic carbocycles. The molecule has 0 bridgehead atoms. The molecule has 5 heterocycles. The molecule has 2 fully saturated rings. The molecule has 0 spiro atoms. The summed E-state index contributed by atoms with van der Waals surface area (Å²) >= 11 is 0.